The first-order valence-electron chi connectivity index (χ1n) is 31.2. The maximum atomic E-state index is 13.1. The number of unbranched alkanes of at least 4 members (excludes halogenated alkanes) is 39. The molecule has 0 spiro atoms. The number of nitrogens with one attached hydrogen (secondary N) is 1. The highest BCUT2D eigenvalue weighted by Gasteiger charge is 2.48. The van der Waals surface area contributed by atoms with Crippen LogP contribution in [-0.2, 0) is 28.9 Å². The molecule has 1 heterocycles. The number of allylic oxidation sites excluding steroid dienone is 4. The van der Waals surface area contributed by atoms with Crippen LogP contribution in [0.15, 0.2) is 24.3 Å². The van der Waals surface area contributed by atoms with Gasteiger partial charge in [-0.05, 0) is 44.9 Å². The van der Waals surface area contributed by atoms with E-state index >= 15 is 0 Å². The summed E-state index contributed by atoms with van der Waals surface area (Å²) in [4.78, 5) is 13.1. The van der Waals surface area contributed by atoms with Gasteiger partial charge in [-0.15, -0.1) is 0 Å². The summed E-state index contributed by atoms with van der Waals surface area (Å²) in [5.41, 5.74) is 0. The standard InChI is InChI=1S/C61H117NO11S/c1-3-5-7-9-11-13-15-17-18-19-20-21-22-23-24-25-26-27-28-29-30-31-32-33-34-35-36-37-38-39-41-43-45-47-49-51-57(65)62-54(55(64)50-48-46-44-42-40-16-14-12-10-8-6-4-2)53-71-61-59(67)60(73-74(68,69)70)58(66)56(52-63)72-61/h22-23,25-26,54-56,58-61,63-64,66-67H,3-21,24,27-53H2,1-2H3,(H,62,65)(H,68,69,70)/b23-22-,26-25-. The summed E-state index contributed by atoms with van der Waals surface area (Å²) in [6, 6.07) is -0.856. The summed E-state index contributed by atoms with van der Waals surface area (Å²) >= 11 is 0. The van der Waals surface area contributed by atoms with Crippen molar-refractivity contribution in [1.29, 1.82) is 0 Å². The summed E-state index contributed by atoms with van der Waals surface area (Å²) in [5, 5.41) is 45.0. The van der Waals surface area contributed by atoms with Crippen molar-refractivity contribution in [3.8, 4) is 0 Å². The minimum atomic E-state index is -5.08. The maximum Gasteiger partial charge on any atom is 0.397 e. The predicted octanol–water partition coefficient (Wildman–Crippen LogP) is 15.2. The quantitative estimate of drug-likeness (QED) is 0.0193. The topological polar surface area (TPSA) is 192 Å². The van der Waals surface area contributed by atoms with Crippen LogP contribution in [0.4, 0.5) is 0 Å². The Morgan fingerprint density at radius 1 is 0.541 bits per heavy atom. The Morgan fingerprint density at radius 3 is 1.28 bits per heavy atom. The van der Waals surface area contributed by atoms with Gasteiger partial charge in [0.2, 0.25) is 5.91 Å². The fourth-order valence-corrected chi connectivity index (χ4v) is 10.7. The van der Waals surface area contributed by atoms with Crippen LogP contribution in [0.5, 0.6) is 0 Å². The van der Waals surface area contributed by atoms with Gasteiger partial charge in [0.05, 0.1) is 25.4 Å². The largest absolute Gasteiger partial charge is 0.397 e. The van der Waals surface area contributed by atoms with Crippen LogP contribution in [0.2, 0.25) is 0 Å². The molecule has 0 radical (unpaired) electrons. The highest BCUT2D eigenvalue weighted by molar-refractivity contribution is 7.80. The number of amides is 1. The lowest BCUT2D eigenvalue weighted by Crippen LogP contribution is -2.61. The molecule has 13 heteroatoms. The van der Waals surface area contributed by atoms with Crippen LogP contribution < -0.4 is 5.32 Å². The molecule has 1 amide bonds. The Balaban J connectivity index is 2.17. The fourth-order valence-electron chi connectivity index (χ4n) is 10.2. The Bertz CT molecular complexity index is 1400. The van der Waals surface area contributed by atoms with E-state index in [9.17, 15) is 38.2 Å². The summed E-state index contributed by atoms with van der Waals surface area (Å²) in [7, 11) is -5.08. The van der Waals surface area contributed by atoms with Gasteiger partial charge < -0.3 is 35.2 Å². The van der Waals surface area contributed by atoms with E-state index in [1.54, 1.807) is 0 Å². The zero-order valence-corrected chi connectivity index (χ0v) is 48.5. The van der Waals surface area contributed by atoms with E-state index in [1.165, 1.54) is 218 Å². The molecule has 1 fully saturated rings. The summed E-state index contributed by atoms with van der Waals surface area (Å²) in [6.45, 7) is 3.47. The van der Waals surface area contributed by atoms with Gasteiger partial charge in [-0.3, -0.25) is 9.35 Å². The summed E-state index contributed by atoms with van der Waals surface area (Å²) < 4.78 is 47.9. The number of aliphatic hydroxyl groups is 4. The third kappa shape index (κ3) is 42.6. The molecular weight excluding hydrogens is 955 g/mol. The molecule has 12 nitrogen and oxygen atoms in total. The Morgan fingerprint density at radius 2 is 0.905 bits per heavy atom. The number of hydrogen-bond acceptors (Lipinski definition) is 10. The first-order valence-corrected chi connectivity index (χ1v) is 32.6. The van der Waals surface area contributed by atoms with Crippen molar-refractivity contribution in [2.45, 2.75) is 346 Å². The highest BCUT2D eigenvalue weighted by atomic mass is 32.3. The number of carbonyl (C=O) groups excluding carboxylic acids is 1. The van der Waals surface area contributed by atoms with E-state index < -0.39 is 59.9 Å². The normalized spacial score (nSPS) is 19.3. The van der Waals surface area contributed by atoms with Crippen molar-refractivity contribution >= 4 is 16.3 Å². The lowest BCUT2D eigenvalue weighted by Gasteiger charge is -2.41. The Kier molecular flexibility index (Phi) is 48.7. The molecule has 0 bridgehead atoms. The molecule has 74 heavy (non-hydrogen) atoms. The molecule has 438 valence electrons. The van der Waals surface area contributed by atoms with Crippen LogP contribution in [-0.4, -0.2) is 95.4 Å². The van der Waals surface area contributed by atoms with Crippen LogP contribution >= 0.6 is 0 Å². The van der Waals surface area contributed by atoms with Crippen LogP contribution in [0.3, 0.4) is 0 Å². The van der Waals surface area contributed by atoms with Crippen molar-refractivity contribution in [1.82, 2.24) is 5.32 Å². The molecule has 1 rings (SSSR count). The molecule has 6 N–H and O–H groups in total. The zero-order chi connectivity index (χ0) is 54.0. The van der Waals surface area contributed by atoms with Gasteiger partial charge in [0.1, 0.15) is 24.4 Å². The second kappa shape index (κ2) is 51.0. The van der Waals surface area contributed by atoms with Crippen molar-refractivity contribution < 1.29 is 51.8 Å². The molecule has 7 atom stereocenters. The molecule has 0 aliphatic carbocycles. The van der Waals surface area contributed by atoms with Crippen molar-refractivity contribution in [2.24, 2.45) is 0 Å². The number of ether oxygens (including phenoxy) is 2. The van der Waals surface area contributed by atoms with Crippen LogP contribution in [0.25, 0.3) is 0 Å². The van der Waals surface area contributed by atoms with E-state index in [2.05, 4.69) is 47.7 Å². The minimum absolute atomic E-state index is 0.226. The van der Waals surface area contributed by atoms with Crippen molar-refractivity contribution in [2.75, 3.05) is 13.2 Å². The van der Waals surface area contributed by atoms with E-state index in [-0.39, 0.29) is 12.5 Å². The average Bonchev–Trinajstić information content (AvgIpc) is 3.38. The molecule has 7 unspecified atom stereocenters. The number of carbonyl (C=O) groups is 1. The van der Waals surface area contributed by atoms with Gasteiger partial charge in [0.25, 0.3) is 0 Å². The van der Waals surface area contributed by atoms with Crippen molar-refractivity contribution in [3.05, 3.63) is 24.3 Å². The lowest BCUT2D eigenvalue weighted by atomic mass is 9.99. The molecule has 1 aliphatic rings. The zero-order valence-electron chi connectivity index (χ0n) is 47.7. The number of aliphatic hydroxyl groups excluding tert-OH is 4. The first-order chi connectivity index (χ1) is 36.0. The van der Waals surface area contributed by atoms with E-state index in [0.717, 1.165) is 57.8 Å². The third-order valence-electron chi connectivity index (χ3n) is 15.0. The van der Waals surface area contributed by atoms with Crippen molar-refractivity contribution in [3.63, 3.8) is 0 Å². The monoisotopic (exact) mass is 1070 g/mol. The molecule has 1 saturated heterocycles. The molecule has 0 aromatic heterocycles. The maximum absolute atomic E-state index is 13.1. The fraction of sp³-hybridized carbons (Fsp3) is 0.918. The van der Waals surface area contributed by atoms with E-state index in [4.69, 9.17) is 9.47 Å². The van der Waals surface area contributed by atoms with Gasteiger partial charge in [-0.25, -0.2) is 4.18 Å². The SMILES string of the molecule is CCCCCCCCCCCCC/C=C\C/C=C\CCCCCCCCCCCCCCCCCCCC(=O)NC(COC1OC(CO)C(O)C(OS(=O)(=O)O)C1O)C(O)CCCCCCCCCCCCCC. The molecule has 0 saturated carbocycles. The highest BCUT2D eigenvalue weighted by Crippen LogP contribution is 2.26. The van der Waals surface area contributed by atoms with Gasteiger partial charge in [0, 0.05) is 6.42 Å². The first kappa shape index (κ1) is 70.6. The van der Waals surface area contributed by atoms with Crippen LogP contribution in [0.1, 0.15) is 303 Å². The van der Waals surface area contributed by atoms with E-state index in [1.807, 2.05) is 0 Å². The van der Waals surface area contributed by atoms with Crippen LogP contribution in [0, 0.1) is 0 Å². The third-order valence-corrected chi connectivity index (χ3v) is 15.5. The summed E-state index contributed by atoms with van der Waals surface area (Å²) in [6.07, 6.45) is 55.1. The predicted molar refractivity (Wildman–Crippen MR) is 305 cm³/mol. The Labute approximate surface area is 454 Å². The van der Waals surface area contributed by atoms with Gasteiger partial charge in [0.15, 0.2) is 6.29 Å². The lowest BCUT2D eigenvalue weighted by molar-refractivity contribution is -0.298. The molecule has 1 aliphatic heterocycles. The van der Waals surface area contributed by atoms with E-state index in [0.29, 0.717) is 12.8 Å². The molecular formula is C61H117NO11S. The van der Waals surface area contributed by atoms with Gasteiger partial charge in [-0.1, -0.05) is 276 Å². The molecule has 0 aromatic carbocycles. The van der Waals surface area contributed by atoms with Gasteiger partial charge >= 0.3 is 10.4 Å². The molecule has 0 aromatic rings. The number of hydrogen-bond donors (Lipinski definition) is 6. The second-order valence-electron chi connectivity index (χ2n) is 22.0. The smallest absolute Gasteiger partial charge is 0.394 e. The minimum Gasteiger partial charge on any atom is -0.394 e. The number of rotatable bonds is 55. The summed E-state index contributed by atoms with van der Waals surface area (Å²) in [5.74, 6) is -0.226. The average molecular weight is 1070 g/mol. The Hall–Kier alpha value is -1.42. The van der Waals surface area contributed by atoms with Gasteiger partial charge in [-0.2, -0.15) is 8.42 Å². The second-order valence-corrected chi connectivity index (χ2v) is 23.0.